The van der Waals surface area contributed by atoms with Gasteiger partial charge in [-0.15, -0.1) is 0 Å². The van der Waals surface area contributed by atoms with E-state index in [-0.39, 0.29) is 7.89 Å². The summed E-state index contributed by atoms with van der Waals surface area (Å²) in [5.41, 5.74) is 0. The first kappa shape index (κ1) is 73.7. The van der Waals surface area contributed by atoms with Gasteiger partial charge in [-0.25, -0.2) is 0 Å². The van der Waals surface area contributed by atoms with Crippen molar-refractivity contribution in [2.75, 3.05) is 4.93 Å². The molecule has 0 atom stereocenters. The second-order valence-corrected chi connectivity index (χ2v) is 984. The summed E-state index contributed by atoms with van der Waals surface area (Å²) in [6.07, 6.45) is 0. The predicted octanol–water partition coefficient (Wildman–Crippen LogP) is 33.5. The van der Waals surface area contributed by atoms with Gasteiger partial charge in [0.25, 0.3) is 0 Å². The van der Waals surface area contributed by atoms with Gasteiger partial charge in [-0.05, 0) is 0 Å². The van der Waals surface area contributed by atoms with E-state index in [1.165, 1.54) is 0 Å². The molecule has 0 aromatic carbocycles. The molecule has 0 aromatic heterocycles. The van der Waals surface area contributed by atoms with Gasteiger partial charge < -0.3 is 0 Å². The van der Waals surface area contributed by atoms with Crippen LogP contribution in [0.4, 0.5) is 0 Å². The molecule has 0 nitrogen and oxygen atoms in total. The molecule has 0 heterocycles. The SMILES string of the molecule is C[I-]I(I)I(I)I(I)I(I)I(I)I(I)I(I)I(I)I(I)I(I)I(I)I(I)I(I)I(I)I(I)I(I)I(I)I(I)I(I)I(I)I. The average Bonchev–Trinajstić information content (AvgIpc) is 3.00. The quantitative estimate of drug-likeness (QED) is 0.0842. The molecule has 43 heavy (non-hydrogen) atoms. The van der Waals surface area contributed by atoms with E-state index in [9.17, 15) is 0 Å². The van der Waals surface area contributed by atoms with Gasteiger partial charge in [-0.3, -0.25) is 0 Å². The molecule has 0 saturated carbocycles. The maximum atomic E-state index is 3.36. The van der Waals surface area contributed by atoms with E-state index in [0.717, 1.165) is 0 Å². The van der Waals surface area contributed by atoms with Crippen molar-refractivity contribution in [3.63, 3.8) is 0 Å². The van der Waals surface area contributed by atoms with Crippen LogP contribution in [0, 0.1) is 0 Å². The van der Waals surface area contributed by atoms with Crippen molar-refractivity contribution in [2.45, 2.75) is 0 Å². The van der Waals surface area contributed by atoms with E-state index in [0.29, 0.717) is 17.2 Å². The zero-order valence-electron chi connectivity index (χ0n) is 16.9. The monoisotopic (exact) mass is 5350 g/mol. The van der Waals surface area contributed by atoms with E-state index >= 15 is 0 Å². The van der Waals surface area contributed by atoms with Gasteiger partial charge >= 0.3 is 571 Å². The fraction of sp³-hybridized carbons (Fsp3) is 1.00. The third kappa shape index (κ3) is 30.7. The Labute approximate surface area is 537 Å². The van der Waals surface area contributed by atoms with Crippen molar-refractivity contribution < 1.29 is 17.2 Å². The molecule has 0 aromatic rings. The Morgan fingerprint density at radius 1 is 0.233 bits per heavy atom. The van der Waals surface area contributed by atoms with E-state index in [2.05, 4.69) is 396 Å². The minimum absolute atomic E-state index is 0.374. The topological polar surface area (TPSA) is 0 Å². The summed E-state index contributed by atoms with van der Waals surface area (Å²) in [4.78, 5) is 2.66. The number of halogens is 42. The van der Waals surface area contributed by atoms with Crippen molar-refractivity contribution in [3.8, 4) is 0 Å². The van der Waals surface area contributed by atoms with Crippen molar-refractivity contribution >= 4 is 549 Å². The van der Waals surface area contributed by atoms with Crippen molar-refractivity contribution in [3.05, 3.63) is 0 Å². The van der Waals surface area contributed by atoms with Gasteiger partial charge in [0.1, 0.15) is 0 Å². The van der Waals surface area contributed by atoms with E-state index in [1.54, 1.807) is 0 Å². The van der Waals surface area contributed by atoms with Gasteiger partial charge in [0.05, 0.1) is 0 Å². The van der Waals surface area contributed by atoms with Gasteiger partial charge in [0.2, 0.25) is 0 Å². The molecule has 0 aliphatic carbocycles. The van der Waals surface area contributed by atoms with Crippen molar-refractivity contribution in [1.29, 1.82) is 0 Å². The summed E-state index contributed by atoms with van der Waals surface area (Å²) >= 11 is 69.1. The standard InChI is InChI=1S/CH3I42/c1-23-25(4)27(6)29(8)31(10)33(12)35(14)37(16)39(18)41(20)43(22)42(21)40(19)38(17)36(15)34(13)32(11)30(9)28(7)26(5)24(2)3/h1H3/q-1. The summed E-state index contributed by atoms with van der Waals surface area (Å²) in [5, 5.41) is 0. The second-order valence-electron chi connectivity index (χ2n) is 3.38. The van der Waals surface area contributed by atoms with E-state index in [1.807, 2.05) is 0 Å². The second kappa shape index (κ2) is 44.4. The third-order valence-electron chi connectivity index (χ3n) is 1.66. The van der Waals surface area contributed by atoms with Gasteiger partial charge in [-0.2, -0.15) is 0 Å². The predicted molar refractivity (Wildman–Crippen MR) is 581 cm³/mol. The molecule has 0 N–H and O–H groups in total. The summed E-state index contributed by atoms with van der Waals surface area (Å²) in [7, 11) is -10.0. The van der Waals surface area contributed by atoms with Gasteiger partial charge in [-0.1, -0.05) is 0 Å². The van der Waals surface area contributed by atoms with Crippen LogP contribution in [-0.4, -0.2) is 4.93 Å². The molecule has 302 valence electrons. The Hall–Kier alpha value is 30.7. The van der Waals surface area contributed by atoms with Crippen molar-refractivity contribution in [2.24, 2.45) is 0 Å². The Morgan fingerprint density at radius 2 is 0.372 bits per heavy atom. The number of alkyl halides is 1. The Balaban J connectivity index is 5.45. The average molecular weight is 5350 g/mol. The van der Waals surface area contributed by atoms with Crippen molar-refractivity contribution in [1.82, 2.24) is 0 Å². The number of hydrogen-bond donors (Lipinski definition) is 0. The van der Waals surface area contributed by atoms with E-state index in [4.69, 9.17) is 0 Å². The molecular weight excluding hydrogens is 5340 g/mol. The molecule has 0 rings (SSSR count). The van der Waals surface area contributed by atoms with Crippen LogP contribution in [-0.2, 0) is 0 Å². The van der Waals surface area contributed by atoms with Crippen LogP contribution in [0.15, 0.2) is 0 Å². The molecule has 0 saturated heterocycles. The minimum atomic E-state index is -0.549. The van der Waals surface area contributed by atoms with Crippen LogP contribution >= 0.6 is 549 Å². The van der Waals surface area contributed by atoms with Gasteiger partial charge in [0, 0.05) is 0 Å². The first-order chi connectivity index (χ1) is 19.6. The van der Waals surface area contributed by atoms with Crippen LogP contribution in [0.5, 0.6) is 0 Å². The van der Waals surface area contributed by atoms with Crippen LogP contribution in [0.2, 0.25) is 0 Å². The normalized spacial score (nSPS) is 18.7. The number of rotatable bonds is 20. The van der Waals surface area contributed by atoms with Crippen LogP contribution in [0.3, 0.4) is 0 Å². The van der Waals surface area contributed by atoms with E-state index < -0.39 is 150 Å². The summed E-state index contributed by atoms with van der Waals surface area (Å²) in [6.45, 7) is 0. The number of hydrogen-bond acceptors (Lipinski definition) is 0. The Bertz CT molecular complexity index is 728. The fourth-order valence-corrected chi connectivity index (χ4v) is 7630. The summed E-state index contributed by atoms with van der Waals surface area (Å²) < 4.78 is 0. The molecule has 0 unspecified atom stereocenters. The van der Waals surface area contributed by atoms with Crippen LogP contribution in [0.25, 0.3) is 0 Å². The Kier molecular flexibility index (Phi) is 76.1. The first-order valence-electron chi connectivity index (χ1n) is 6.24. The molecule has 0 aliphatic heterocycles. The zero-order chi connectivity index (χ0) is 34.3. The summed E-state index contributed by atoms with van der Waals surface area (Å²) in [6, 6.07) is 0. The molecular formula is CH3I42-. The molecule has 0 aliphatic rings. The summed E-state index contributed by atoms with van der Waals surface area (Å²) in [5.74, 6) is 0. The van der Waals surface area contributed by atoms with Crippen LogP contribution in [0.1, 0.15) is 0 Å². The molecule has 0 amide bonds. The maximum absolute atomic E-state index is 3.36. The molecule has 0 bridgehead atoms. The Morgan fingerprint density at radius 3 is 0.512 bits per heavy atom. The molecule has 0 radical (unpaired) electrons. The first-order valence-corrected chi connectivity index (χ1v) is 266. The molecule has 42 heteroatoms. The van der Waals surface area contributed by atoms with Crippen LogP contribution < -0.4 is 17.2 Å². The molecule has 0 fully saturated rings. The van der Waals surface area contributed by atoms with Gasteiger partial charge in [0.15, 0.2) is 0 Å². The third-order valence-corrected chi connectivity index (χ3v) is 3170. The fourth-order valence-electron chi connectivity index (χ4n) is 0.596. The zero-order valence-corrected chi connectivity index (χ0v) is 107. The molecule has 0 spiro atoms.